The largest absolute Gasteiger partial charge is 0.497 e. The molecule has 0 spiro atoms. The summed E-state index contributed by atoms with van der Waals surface area (Å²) in [5.74, 6) is -0.906. The Morgan fingerprint density at radius 3 is 3.00 bits per heavy atom. The van der Waals surface area contributed by atoms with Crippen molar-refractivity contribution in [2.45, 2.75) is 43.0 Å². The van der Waals surface area contributed by atoms with Crippen LogP contribution in [0.25, 0.3) is 0 Å². The smallest absolute Gasteiger partial charge is 0.303 e. The topological polar surface area (TPSA) is 63.6 Å². The maximum absolute atomic E-state index is 12.2. The van der Waals surface area contributed by atoms with Crippen LogP contribution < -0.4 is 0 Å². The molecule has 1 saturated carbocycles. The monoisotopic (exact) mass is 302 g/mol. The third-order valence-corrected chi connectivity index (χ3v) is 4.20. The molecule has 0 aromatic rings. The highest BCUT2D eigenvalue weighted by molar-refractivity contribution is 9.09. The van der Waals surface area contributed by atoms with Crippen molar-refractivity contribution >= 4 is 27.7 Å². The highest BCUT2D eigenvalue weighted by Crippen LogP contribution is 2.36. The van der Waals surface area contributed by atoms with Gasteiger partial charge in [-0.2, -0.15) is 0 Å². The third kappa shape index (κ3) is 2.89. The van der Waals surface area contributed by atoms with Crippen LogP contribution in [-0.4, -0.2) is 27.8 Å². The van der Waals surface area contributed by atoms with Crippen LogP contribution in [0.1, 0.15) is 32.1 Å². The summed E-state index contributed by atoms with van der Waals surface area (Å²) in [6.07, 6.45) is 4.40. The number of rotatable bonds is 3. The number of halogens is 1. The fraction of sp³-hybridized carbons (Fsp3) is 0.667. The van der Waals surface area contributed by atoms with Gasteiger partial charge in [0.1, 0.15) is 6.10 Å². The van der Waals surface area contributed by atoms with Gasteiger partial charge in [-0.3, -0.25) is 9.59 Å². The van der Waals surface area contributed by atoms with E-state index in [1.807, 2.05) is 0 Å². The number of carbonyl (C=O) groups is 2. The first-order valence-electron chi connectivity index (χ1n) is 5.82. The van der Waals surface area contributed by atoms with E-state index in [-0.39, 0.29) is 30.6 Å². The van der Waals surface area contributed by atoms with E-state index in [0.29, 0.717) is 10.4 Å². The number of fused-ring (bicyclic) bond motifs is 1. The van der Waals surface area contributed by atoms with Crippen LogP contribution in [0.5, 0.6) is 0 Å². The molecule has 1 N–H and O–H groups in total. The highest BCUT2D eigenvalue weighted by Gasteiger charge is 2.39. The van der Waals surface area contributed by atoms with Crippen molar-refractivity contribution < 1.29 is 19.4 Å². The number of allylic oxidation sites excluding steroid dienone is 1. The lowest BCUT2D eigenvalue weighted by Gasteiger charge is -2.35. The SMILES string of the molecule is O=C(O)CCC1=COC2CCC(Br)CC2C1=O. The van der Waals surface area contributed by atoms with Crippen molar-refractivity contribution in [1.82, 2.24) is 0 Å². The average Bonchev–Trinajstić information content (AvgIpc) is 2.29. The quantitative estimate of drug-likeness (QED) is 0.812. The van der Waals surface area contributed by atoms with Crippen LogP contribution >= 0.6 is 15.9 Å². The molecule has 1 aliphatic heterocycles. The molecule has 0 bridgehead atoms. The lowest BCUT2D eigenvalue weighted by atomic mass is 9.79. The van der Waals surface area contributed by atoms with Gasteiger partial charge in [-0.15, -0.1) is 0 Å². The molecule has 94 valence electrons. The van der Waals surface area contributed by atoms with Crippen LogP contribution in [0.4, 0.5) is 0 Å². The van der Waals surface area contributed by atoms with Gasteiger partial charge in [-0.25, -0.2) is 0 Å². The van der Waals surface area contributed by atoms with Crippen LogP contribution in [-0.2, 0) is 14.3 Å². The second-order valence-corrected chi connectivity index (χ2v) is 5.89. The fourth-order valence-corrected chi connectivity index (χ4v) is 3.09. The fourth-order valence-electron chi connectivity index (χ4n) is 2.42. The number of alkyl halides is 1. The van der Waals surface area contributed by atoms with Gasteiger partial charge >= 0.3 is 5.97 Å². The molecule has 0 saturated heterocycles. The predicted molar refractivity (Wildman–Crippen MR) is 64.9 cm³/mol. The molecule has 2 rings (SSSR count). The Labute approximate surface area is 108 Å². The maximum Gasteiger partial charge on any atom is 0.303 e. The van der Waals surface area contributed by atoms with Gasteiger partial charge in [0, 0.05) is 16.8 Å². The van der Waals surface area contributed by atoms with Gasteiger partial charge in [0.15, 0.2) is 5.78 Å². The number of carboxylic acid groups (broad SMARTS) is 1. The Bertz CT molecular complexity index is 364. The number of ether oxygens (including phenoxy) is 1. The summed E-state index contributed by atoms with van der Waals surface area (Å²) in [5.41, 5.74) is 0.523. The minimum atomic E-state index is -0.886. The van der Waals surface area contributed by atoms with Crippen LogP contribution in [0.15, 0.2) is 11.8 Å². The molecule has 1 fully saturated rings. The van der Waals surface area contributed by atoms with E-state index in [1.54, 1.807) is 0 Å². The van der Waals surface area contributed by atoms with Crippen molar-refractivity contribution in [2.75, 3.05) is 0 Å². The minimum Gasteiger partial charge on any atom is -0.497 e. The third-order valence-electron chi connectivity index (χ3n) is 3.37. The van der Waals surface area contributed by atoms with E-state index >= 15 is 0 Å². The average molecular weight is 303 g/mol. The minimum absolute atomic E-state index is 0.00937. The summed E-state index contributed by atoms with van der Waals surface area (Å²) >= 11 is 3.54. The Balaban J connectivity index is 2.03. The van der Waals surface area contributed by atoms with E-state index in [2.05, 4.69) is 15.9 Å². The molecule has 0 radical (unpaired) electrons. The van der Waals surface area contributed by atoms with Gasteiger partial charge in [0.2, 0.25) is 0 Å². The van der Waals surface area contributed by atoms with Crippen LogP contribution in [0.3, 0.4) is 0 Å². The second kappa shape index (κ2) is 5.21. The molecule has 1 aliphatic carbocycles. The molecule has 1 heterocycles. The van der Waals surface area contributed by atoms with Crippen molar-refractivity contribution in [3.05, 3.63) is 11.8 Å². The van der Waals surface area contributed by atoms with Crippen molar-refractivity contribution in [2.24, 2.45) is 5.92 Å². The van der Waals surface area contributed by atoms with Crippen LogP contribution in [0.2, 0.25) is 0 Å². The highest BCUT2D eigenvalue weighted by atomic mass is 79.9. The first-order chi connectivity index (χ1) is 8.08. The molecule has 5 heteroatoms. The molecule has 2 aliphatic rings. The Morgan fingerprint density at radius 1 is 1.53 bits per heavy atom. The van der Waals surface area contributed by atoms with E-state index in [4.69, 9.17) is 9.84 Å². The molecule has 3 unspecified atom stereocenters. The lowest BCUT2D eigenvalue weighted by Crippen LogP contribution is -2.39. The standard InChI is InChI=1S/C12H15BrO4/c13-8-2-3-10-9(5-8)12(16)7(6-17-10)1-4-11(14)15/h6,8-10H,1-5H2,(H,14,15). The van der Waals surface area contributed by atoms with E-state index in [0.717, 1.165) is 19.3 Å². The first kappa shape index (κ1) is 12.6. The number of carbonyl (C=O) groups excluding carboxylic acids is 1. The van der Waals surface area contributed by atoms with E-state index in [1.165, 1.54) is 6.26 Å². The molecule has 3 atom stereocenters. The molecule has 0 amide bonds. The number of hydrogen-bond acceptors (Lipinski definition) is 3. The second-order valence-electron chi connectivity index (χ2n) is 4.59. The van der Waals surface area contributed by atoms with E-state index < -0.39 is 5.97 Å². The zero-order chi connectivity index (χ0) is 12.4. The Morgan fingerprint density at radius 2 is 2.29 bits per heavy atom. The van der Waals surface area contributed by atoms with Gasteiger partial charge in [-0.1, -0.05) is 15.9 Å². The van der Waals surface area contributed by atoms with Gasteiger partial charge in [-0.05, 0) is 25.7 Å². The van der Waals surface area contributed by atoms with Crippen molar-refractivity contribution in [3.63, 3.8) is 0 Å². The van der Waals surface area contributed by atoms with Gasteiger partial charge in [0.25, 0.3) is 0 Å². The summed E-state index contributed by atoms with van der Waals surface area (Å²) in [5, 5.41) is 8.62. The number of aliphatic carboxylic acids is 1. The number of carboxylic acids is 1. The normalized spacial score (nSPS) is 32.4. The first-order valence-corrected chi connectivity index (χ1v) is 6.74. The van der Waals surface area contributed by atoms with Crippen molar-refractivity contribution in [1.29, 1.82) is 0 Å². The Kier molecular flexibility index (Phi) is 3.86. The zero-order valence-electron chi connectivity index (χ0n) is 9.39. The lowest BCUT2D eigenvalue weighted by molar-refractivity contribution is -0.137. The summed E-state index contributed by atoms with van der Waals surface area (Å²) in [7, 11) is 0. The van der Waals surface area contributed by atoms with Crippen LogP contribution in [0, 0.1) is 5.92 Å². The zero-order valence-corrected chi connectivity index (χ0v) is 11.0. The summed E-state index contributed by atoms with van der Waals surface area (Å²) < 4.78 is 5.55. The number of ketones is 1. The number of Topliss-reactive ketones (excluding diaryl/α,β-unsaturated/α-hetero) is 1. The Hall–Kier alpha value is -0.840. The summed E-state index contributed by atoms with van der Waals surface area (Å²) in [6.45, 7) is 0. The molecule has 0 aromatic carbocycles. The van der Waals surface area contributed by atoms with Gasteiger partial charge in [0.05, 0.1) is 12.2 Å². The molecular formula is C12H15BrO4. The molecular weight excluding hydrogens is 288 g/mol. The summed E-state index contributed by atoms with van der Waals surface area (Å²) in [4.78, 5) is 23.0. The van der Waals surface area contributed by atoms with Crippen molar-refractivity contribution in [3.8, 4) is 0 Å². The number of hydrogen-bond donors (Lipinski definition) is 1. The molecule has 17 heavy (non-hydrogen) atoms. The maximum atomic E-state index is 12.2. The molecule has 0 aromatic heterocycles. The predicted octanol–water partition coefficient (Wildman–Crippen LogP) is 2.27. The van der Waals surface area contributed by atoms with E-state index in [9.17, 15) is 9.59 Å². The van der Waals surface area contributed by atoms with Gasteiger partial charge < -0.3 is 9.84 Å². The molecule has 4 nitrogen and oxygen atoms in total. The summed E-state index contributed by atoms with van der Waals surface area (Å²) in [6, 6.07) is 0.